The van der Waals surface area contributed by atoms with Crippen LogP contribution in [0.15, 0.2) is 36.5 Å². The van der Waals surface area contributed by atoms with E-state index in [-0.39, 0.29) is 36.9 Å². The van der Waals surface area contributed by atoms with E-state index in [4.69, 9.17) is 10.5 Å². The Morgan fingerprint density at radius 2 is 2.00 bits per heavy atom. The number of carbonyl (C=O) groups is 2. The molecule has 1 radical (unpaired) electrons. The van der Waals surface area contributed by atoms with Crippen molar-refractivity contribution in [3.05, 3.63) is 59.5 Å². The number of nitrogens with one attached hydrogen (secondary N) is 2. The Morgan fingerprint density at radius 3 is 2.63 bits per heavy atom. The second-order valence-corrected chi connectivity index (χ2v) is 6.46. The smallest absolute Gasteiger partial charge is 0.367 e. The molecule has 4 N–H and O–H groups in total. The van der Waals surface area contributed by atoms with Crippen molar-refractivity contribution in [2.24, 2.45) is 5.73 Å². The molecule has 1 saturated heterocycles. The molecule has 2 heterocycles. The lowest BCUT2D eigenvalue weighted by Crippen LogP contribution is -2.40. The van der Waals surface area contributed by atoms with Crippen LogP contribution in [-0.4, -0.2) is 29.5 Å². The fraction of sp³-hybridized carbons (Fsp3) is 0.263. The SMILES string of the molecule is NC(=O)C1OCC[C]1C(=O)NCc1ccc(Nc2ccc(F)cc2C(F)(F)F)cn1. The van der Waals surface area contributed by atoms with Crippen molar-refractivity contribution in [1.82, 2.24) is 10.3 Å². The third-order valence-corrected chi connectivity index (χ3v) is 4.34. The van der Waals surface area contributed by atoms with Gasteiger partial charge in [-0.3, -0.25) is 14.6 Å². The summed E-state index contributed by atoms with van der Waals surface area (Å²) in [6, 6.07) is 5.28. The van der Waals surface area contributed by atoms with E-state index in [1.165, 1.54) is 18.3 Å². The number of benzene rings is 1. The molecule has 1 aliphatic rings. The summed E-state index contributed by atoms with van der Waals surface area (Å²) in [7, 11) is 0. The Hall–Kier alpha value is -3.21. The van der Waals surface area contributed by atoms with Gasteiger partial charge in [-0.05, 0) is 36.8 Å². The third kappa shape index (κ3) is 5.03. The normalized spacial score (nSPS) is 17.0. The molecule has 7 nitrogen and oxygen atoms in total. The fourth-order valence-electron chi connectivity index (χ4n) is 2.91. The Morgan fingerprint density at radius 1 is 1.23 bits per heavy atom. The molecular formula is C19H17F4N4O3. The number of nitrogens with zero attached hydrogens (tertiary/aromatic N) is 1. The minimum atomic E-state index is -4.73. The van der Waals surface area contributed by atoms with Crippen LogP contribution in [0.4, 0.5) is 28.9 Å². The molecule has 1 atom stereocenters. The number of pyridine rings is 1. The average Bonchev–Trinajstić information content (AvgIpc) is 3.18. The number of halogens is 4. The number of anilines is 2. The molecular weight excluding hydrogens is 408 g/mol. The third-order valence-electron chi connectivity index (χ3n) is 4.34. The van der Waals surface area contributed by atoms with E-state index in [0.29, 0.717) is 11.8 Å². The van der Waals surface area contributed by atoms with Gasteiger partial charge in [0.2, 0.25) is 11.8 Å². The van der Waals surface area contributed by atoms with E-state index in [1.54, 1.807) is 0 Å². The van der Waals surface area contributed by atoms with Gasteiger partial charge in [-0.1, -0.05) is 0 Å². The number of alkyl halides is 3. The second-order valence-electron chi connectivity index (χ2n) is 6.46. The summed E-state index contributed by atoms with van der Waals surface area (Å²) < 4.78 is 57.5. The van der Waals surface area contributed by atoms with Crippen LogP contribution in [0.25, 0.3) is 0 Å². The molecule has 2 aromatic rings. The quantitative estimate of drug-likeness (QED) is 0.617. The van der Waals surface area contributed by atoms with Gasteiger partial charge in [-0.2, -0.15) is 13.2 Å². The van der Waals surface area contributed by atoms with E-state index in [0.717, 1.165) is 12.1 Å². The van der Waals surface area contributed by atoms with Crippen molar-refractivity contribution in [3.63, 3.8) is 0 Å². The van der Waals surface area contributed by atoms with Gasteiger partial charge in [0, 0.05) is 6.61 Å². The van der Waals surface area contributed by atoms with E-state index < -0.39 is 35.5 Å². The lowest BCUT2D eigenvalue weighted by Gasteiger charge is -2.15. The number of primary amides is 1. The summed E-state index contributed by atoms with van der Waals surface area (Å²) in [5.41, 5.74) is 4.40. The molecule has 1 aromatic carbocycles. The number of aromatic nitrogens is 1. The van der Waals surface area contributed by atoms with Crippen LogP contribution in [0.2, 0.25) is 0 Å². The molecule has 0 saturated carbocycles. The number of ether oxygens (including phenoxy) is 1. The first kappa shape index (κ1) is 21.5. The summed E-state index contributed by atoms with van der Waals surface area (Å²) in [6.45, 7) is 0.247. The van der Waals surface area contributed by atoms with Gasteiger partial charge < -0.3 is 21.1 Å². The molecule has 159 valence electrons. The van der Waals surface area contributed by atoms with Gasteiger partial charge in [-0.25, -0.2) is 4.39 Å². The zero-order valence-electron chi connectivity index (χ0n) is 15.4. The molecule has 0 bridgehead atoms. The molecule has 1 unspecified atom stereocenters. The predicted octanol–water partition coefficient (Wildman–Crippen LogP) is 2.45. The molecule has 1 aromatic heterocycles. The number of hydrogen-bond acceptors (Lipinski definition) is 5. The summed E-state index contributed by atoms with van der Waals surface area (Å²) in [6.07, 6.45) is -4.21. The number of nitrogens with two attached hydrogens (primary N) is 1. The number of amides is 2. The van der Waals surface area contributed by atoms with Crippen LogP contribution in [0.5, 0.6) is 0 Å². The number of rotatable bonds is 6. The Kier molecular flexibility index (Phi) is 6.20. The Labute approximate surface area is 168 Å². The van der Waals surface area contributed by atoms with Gasteiger partial charge in [0.15, 0.2) is 6.10 Å². The minimum absolute atomic E-state index is 0.0262. The molecule has 0 aliphatic carbocycles. The van der Waals surface area contributed by atoms with Crippen molar-refractivity contribution in [2.45, 2.75) is 25.2 Å². The van der Waals surface area contributed by atoms with E-state index >= 15 is 0 Å². The molecule has 1 aliphatic heterocycles. The highest BCUT2D eigenvalue weighted by molar-refractivity contribution is 5.98. The fourth-order valence-corrected chi connectivity index (χ4v) is 2.91. The first-order valence-corrected chi connectivity index (χ1v) is 8.78. The van der Waals surface area contributed by atoms with Gasteiger partial charge in [0.1, 0.15) is 11.7 Å². The van der Waals surface area contributed by atoms with Crippen molar-refractivity contribution in [2.75, 3.05) is 11.9 Å². The summed E-state index contributed by atoms with van der Waals surface area (Å²) >= 11 is 0. The first-order chi connectivity index (χ1) is 14.1. The Bertz CT molecular complexity index is 934. The maximum atomic E-state index is 13.2. The molecule has 11 heteroatoms. The Balaban J connectivity index is 1.62. The van der Waals surface area contributed by atoms with Crippen LogP contribution in [0, 0.1) is 11.7 Å². The zero-order chi connectivity index (χ0) is 21.9. The predicted molar refractivity (Wildman–Crippen MR) is 97.6 cm³/mol. The van der Waals surface area contributed by atoms with Crippen LogP contribution in [0.3, 0.4) is 0 Å². The van der Waals surface area contributed by atoms with Gasteiger partial charge in [0.05, 0.1) is 35.4 Å². The lowest BCUT2D eigenvalue weighted by atomic mass is 10.00. The van der Waals surface area contributed by atoms with Crippen LogP contribution in [0.1, 0.15) is 17.7 Å². The van der Waals surface area contributed by atoms with Crippen LogP contribution in [-0.2, 0) is 27.0 Å². The highest BCUT2D eigenvalue weighted by Gasteiger charge is 2.38. The summed E-state index contributed by atoms with van der Waals surface area (Å²) in [4.78, 5) is 27.5. The monoisotopic (exact) mass is 425 g/mol. The average molecular weight is 425 g/mol. The summed E-state index contributed by atoms with van der Waals surface area (Å²) in [5.74, 6) is -2.00. The topological polar surface area (TPSA) is 106 Å². The van der Waals surface area contributed by atoms with Crippen molar-refractivity contribution < 1.29 is 31.9 Å². The van der Waals surface area contributed by atoms with Gasteiger partial charge >= 0.3 is 6.18 Å². The minimum Gasteiger partial charge on any atom is -0.367 e. The molecule has 3 rings (SSSR count). The first-order valence-electron chi connectivity index (χ1n) is 8.78. The zero-order valence-corrected chi connectivity index (χ0v) is 15.4. The summed E-state index contributed by atoms with van der Waals surface area (Å²) in [5, 5.41) is 5.15. The van der Waals surface area contributed by atoms with Crippen molar-refractivity contribution in [3.8, 4) is 0 Å². The lowest BCUT2D eigenvalue weighted by molar-refractivity contribution is -0.137. The van der Waals surface area contributed by atoms with Crippen molar-refractivity contribution >= 4 is 23.2 Å². The van der Waals surface area contributed by atoms with Crippen LogP contribution < -0.4 is 16.4 Å². The highest BCUT2D eigenvalue weighted by Crippen LogP contribution is 2.36. The number of hydrogen-bond donors (Lipinski definition) is 3. The van der Waals surface area contributed by atoms with Gasteiger partial charge in [-0.15, -0.1) is 0 Å². The molecule has 0 spiro atoms. The number of carbonyl (C=O) groups excluding carboxylic acids is 2. The largest absolute Gasteiger partial charge is 0.418 e. The van der Waals surface area contributed by atoms with Crippen LogP contribution >= 0.6 is 0 Å². The molecule has 1 fully saturated rings. The van der Waals surface area contributed by atoms with E-state index in [9.17, 15) is 27.2 Å². The molecule has 30 heavy (non-hydrogen) atoms. The van der Waals surface area contributed by atoms with E-state index in [1.807, 2.05) is 0 Å². The molecule has 2 amide bonds. The van der Waals surface area contributed by atoms with E-state index in [2.05, 4.69) is 15.6 Å². The van der Waals surface area contributed by atoms with Gasteiger partial charge in [0.25, 0.3) is 0 Å². The maximum Gasteiger partial charge on any atom is 0.418 e. The second kappa shape index (κ2) is 8.66. The maximum absolute atomic E-state index is 13.2. The van der Waals surface area contributed by atoms with Crippen molar-refractivity contribution in [1.29, 1.82) is 0 Å². The standard InChI is InChI=1S/C19H17F4N4O3/c20-10-1-4-15(14(7-10)19(21,22)23)27-12-3-2-11(25-9-12)8-26-18(29)13-5-6-30-16(13)17(24)28/h1-4,7,9,16,27H,5-6,8H2,(H2,24,28)(H,26,29). The highest BCUT2D eigenvalue weighted by atomic mass is 19.4.